The first-order valence-corrected chi connectivity index (χ1v) is 6.08. The van der Waals surface area contributed by atoms with Gasteiger partial charge in [0.25, 0.3) is 0 Å². The lowest BCUT2D eigenvalue weighted by Crippen LogP contribution is -2.03. The average molecular weight is 215 g/mol. The highest BCUT2D eigenvalue weighted by Crippen LogP contribution is 2.24. The van der Waals surface area contributed by atoms with Gasteiger partial charge in [0.1, 0.15) is 0 Å². The number of hydrogen-bond acceptors (Lipinski definition) is 1. The number of nitrogens with zero attached hydrogens (tertiary/aromatic N) is 1. The Morgan fingerprint density at radius 2 is 1.94 bits per heavy atom. The van der Waals surface area contributed by atoms with Gasteiger partial charge in [0, 0.05) is 18.7 Å². The van der Waals surface area contributed by atoms with Crippen molar-refractivity contribution in [2.75, 3.05) is 6.54 Å². The Hall–Kier alpha value is -1.37. The van der Waals surface area contributed by atoms with Crippen LogP contribution in [-0.4, -0.2) is 12.8 Å². The summed E-state index contributed by atoms with van der Waals surface area (Å²) in [7, 11) is 0. The van der Waals surface area contributed by atoms with Crippen LogP contribution in [-0.2, 0) is 0 Å². The molecule has 0 saturated carbocycles. The molecule has 1 aromatic rings. The van der Waals surface area contributed by atoms with Crippen LogP contribution < -0.4 is 0 Å². The second-order valence-electron chi connectivity index (χ2n) is 3.73. The molecule has 1 aromatic carbocycles. The van der Waals surface area contributed by atoms with Gasteiger partial charge in [0.05, 0.1) is 0 Å². The molecule has 0 aromatic heterocycles. The Morgan fingerprint density at radius 1 is 1.19 bits per heavy atom. The van der Waals surface area contributed by atoms with Crippen LogP contribution in [0.5, 0.6) is 0 Å². The minimum absolute atomic E-state index is 0.561. The summed E-state index contributed by atoms with van der Waals surface area (Å²) in [5.41, 5.74) is 2.82. The van der Waals surface area contributed by atoms with Gasteiger partial charge in [-0.05, 0) is 30.5 Å². The van der Waals surface area contributed by atoms with E-state index in [9.17, 15) is 0 Å². The SMILES string of the molecule is CC.Cc1ccccc1C1CC=CC=NC1. The molecule has 1 nitrogen and oxygen atoms in total. The molecule has 0 spiro atoms. The van der Waals surface area contributed by atoms with E-state index in [-0.39, 0.29) is 0 Å². The van der Waals surface area contributed by atoms with E-state index in [0.717, 1.165) is 13.0 Å². The lowest BCUT2D eigenvalue weighted by Gasteiger charge is -2.14. The molecule has 2 rings (SSSR count). The fourth-order valence-electron chi connectivity index (χ4n) is 1.90. The van der Waals surface area contributed by atoms with Crippen LogP contribution >= 0.6 is 0 Å². The van der Waals surface area contributed by atoms with Gasteiger partial charge in [0.15, 0.2) is 0 Å². The summed E-state index contributed by atoms with van der Waals surface area (Å²) in [5.74, 6) is 0.561. The minimum Gasteiger partial charge on any atom is -0.293 e. The van der Waals surface area contributed by atoms with Crippen molar-refractivity contribution in [3.8, 4) is 0 Å². The first kappa shape index (κ1) is 12.7. The van der Waals surface area contributed by atoms with E-state index in [1.165, 1.54) is 11.1 Å². The zero-order valence-corrected chi connectivity index (χ0v) is 10.5. The highest BCUT2D eigenvalue weighted by atomic mass is 14.7. The van der Waals surface area contributed by atoms with Crippen LogP contribution in [0.1, 0.15) is 37.3 Å². The summed E-state index contributed by atoms with van der Waals surface area (Å²) in [6.45, 7) is 7.09. The highest BCUT2D eigenvalue weighted by Gasteiger charge is 2.11. The first-order valence-electron chi connectivity index (χ1n) is 6.08. The van der Waals surface area contributed by atoms with Crippen LogP contribution in [0, 0.1) is 6.92 Å². The summed E-state index contributed by atoms with van der Waals surface area (Å²) in [6, 6.07) is 8.59. The molecule has 1 unspecified atom stereocenters. The number of rotatable bonds is 1. The van der Waals surface area contributed by atoms with Crippen LogP contribution in [0.3, 0.4) is 0 Å². The molecule has 1 aliphatic rings. The standard InChI is InChI=1S/C13H15N.C2H6/c1-11-6-2-3-8-13(11)12-7-4-5-9-14-10-12;1-2/h2-6,8-9,12H,7,10H2,1H3;1-2H3. The Bertz CT molecular complexity index is 349. The van der Waals surface area contributed by atoms with Crippen molar-refractivity contribution in [1.82, 2.24) is 0 Å². The molecule has 0 fully saturated rings. The molecule has 0 saturated heterocycles. The maximum Gasteiger partial charge on any atom is 0.0461 e. The van der Waals surface area contributed by atoms with Gasteiger partial charge >= 0.3 is 0 Å². The second-order valence-corrected chi connectivity index (χ2v) is 3.73. The van der Waals surface area contributed by atoms with Gasteiger partial charge in [-0.15, -0.1) is 0 Å². The molecule has 0 amide bonds. The average Bonchev–Trinajstić information content (AvgIpc) is 2.61. The van der Waals surface area contributed by atoms with Crippen LogP contribution in [0.15, 0.2) is 41.4 Å². The molecular formula is C15H21N. The van der Waals surface area contributed by atoms with E-state index in [1.54, 1.807) is 0 Å². The van der Waals surface area contributed by atoms with E-state index < -0.39 is 0 Å². The van der Waals surface area contributed by atoms with Gasteiger partial charge < -0.3 is 0 Å². The van der Waals surface area contributed by atoms with Crippen LogP contribution in [0.25, 0.3) is 0 Å². The van der Waals surface area contributed by atoms with E-state index in [0.29, 0.717) is 5.92 Å². The number of benzene rings is 1. The van der Waals surface area contributed by atoms with Crippen molar-refractivity contribution in [3.05, 3.63) is 47.5 Å². The van der Waals surface area contributed by atoms with Crippen molar-refractivity contribution < 1.29 is 0 Å². The van der Waals surface area contributed by atoms with E-state index in [1.807, 2.05) is 26.1 Å². The maximum atomic E-state index is 4.36. The predicted octanol–water partition coefficient (Wildman–Crippen LogP) is 4.14. The third-order valence-electron chi connectivity index (χ3n) is 2.70. The largest absolute Gasteiger partial charge is 0.293 e. The molecule has 1 heteroatoms. The number of hydrogen-bond donors (Lipinski definition) is 0. The minimum atomic E-state index is 0.561. The molecule has 0 bridgehead atoms. The number of aliphatic imine (C=N–C) groups is 1. The van der Waals surface area contributed by atoms with Gasteiger partial charge in [-0.1, -0.05) is 44.2 Å². The molecule has 0 N–H and O–H groups in total. The molecule has 0 radical (unpaired) electrons. The molecular weight excluding hydrogens is 194 g/mol. The highest BCUT2D eigenvalue weighted by molar-refractivity contribution is 5.71. The Morgan fingerprint density at radius 3 is 2.69 bits per heavy atom. The van der Waals surface area contributed by atoms with Gasteiger partial charge in [-0.3, -0.25) is 4.99 Å². The van der Waals surface area contributed by atoms with Crippen molar-refractivity contribution in [3.63, 3.8) is 0 Å². The predicted molar refractivity (Wildman–Crippen MR) is 72.4 cm³/mol. The quantitative estimate of drug-likeness (QED) is 0.667. The van der Waals surface area contributed by atoms with Gasteiger partial charge in [0.2, 0.25) is 0 Å². The number of aryl methyl sites for hydroxylation is 1. The third kappa shape index (κ3) is 3.34. The molecule has 1 heterocycles. The molecule has 86 valence electrons. The van der Waals surface area contributed by atoms with Crippen molar-refractivity contribution in [2.24, 2.45) is 4.99 Å². The lowest BCUT2D eigenvalue weighted by molar-refractivity contribution is 0.713. The summed E-state index contributed by atoms with van der Waals surface area (Å²) in [4.78, 5) is 4.36. The third-order valence-corrected chi connectivity index (χ3v) is 2.70. The fourth-order valence-corrected chi connectivity index (χ4v) is 1.90. The smallest absolute Gasteiger partial charge is 0.0461 e. The monoisotopic (exact) mass is 215 g/mol. The van der Waals surface area contributed by atoms with Gasteiger partial charge in [-0.2, -0.15) is 0 Å². The fraction of sp³-hybridized carbons (Fsp3) is 0.400. The van der Waals surface area contributed by atoms with Crippen molar-refractivity contribution >= 4 is 6.21 Å². The lowest BCUT2D eigenvalue weighted by atomic mass is 9.92. The molecule has 0 aliphatic carbocycles. The molecule has 1 aliphatic heterocycles. The van der Waals surface area contributed by atoms with E-state index >= 15 is 0 Å². The molecule has 1 atom stereocenters. The Kier molecular flexibility index (Phi) is 5.55. The second kappa shape index (κ2) is 7.00. The Labute approximate surface area is 98.9 Å². The van der Waals surface area contributed by atoms with Crippen LogP contribution in [0.2, 0.25) is 0 Å². The summed E-state index contributed by atoms with van der Waals surface area (Å²) in [5, 5.41) is 0. The van der Waals surface area contributed by atoms with E-state index in [4.69, 9.17) is 0 Å². The van der Waals surface area contributed by atoms with Crippen molar-refractivity contribution in [1.29, 1.82) is 0 Å². The zero-order chi connectivity index (χ0) is 11.8. The summed E-state index contributed by atoms with van der Waals surface area (Å²) >= 11 is 0. The van der Waals surface area contributed by atoms with Crippen molar-refractivity contribution in [2.45, 2.75) is 33.1 Å². The molecule has 16 heavy (non-hydrogen) atoms. The summed E-state index contributed by atoms with van der Waals surface area (Å²) < 4.78 is 0. The first-order chi connectivity index (χ1) is 7.88. The maximum absolute atomic E-state index is 4.36. The number of allylic oxidation sites excluding steroid dienone is 2. The topological polar surface area (TPSA) is 12.4 Å². The van der Waals surface area contributed by atoms with Gasteiger partial charge in [-0.25, -0.2) is 0 Å². The summed E-state index contributed by atoms with van der Waals surface area (Å²) in [6.07, 6.45) is 7.25. The van der Waals surface area contributed by atoms with E-state index in [2.05, 4.69) is 42.3 Å². The van der Waals surface area contributed by atoms with Crippen LogP contribution in [0.4, 0.5) is 0 Å². The normalized spacial score (nSPS) is 18.6. The zero-order valence-electron chi connectivity index (χ0n) is 10.5. The Balaban J connectivity index is 0.000000606.